The molecule has 5 heteroatoms. The van der Waals surface area contributed by atoms with E-state index in [1.54, 1.807) is 0 Å². The Morgan fingerprint density at radius 3 is 2.38 bits per heavy atom. The Bertz CT molecular complexity index is 533. The third-order valence-electron chi connectivity index (χ3n) is 4.17. The fourth-order valence-electron chi connectivity index (χ4n) is 1.71. The molecular formula is C16H25BrO3Si. The highest BCUT2D eigenvalue weighted by Crippen LogP contribution is 2.40. The topological polar surface area (TPSA) is 46.5 Å². The Morgan fingerprint density at radius 1 is 1.33 bits per heavy atom. The van der Waals surface area contributed by atoms with Gasteiger partial charge >= 0.3 is 5.97 Å². The van der Waals surface area contributed by atoms with Crippen LogP contribution in [0.4, 0.5) is 0 Å². The fraction of sp³-hybridized carbons (Fsp3) is 0.562. The zero-order valence-corrected chi connectivity index (χ0v) is 16.3. The van der Waals surface area contributed by atoms with Crippen molar-refractivity contribution in [1.29, 1.82) is 0 Å². The average molecular weight is 373 g/mol. The van der Waals surface area contributed by atoms with E-state index >= 15 is 0 Å². The molecule has 1 aromatic rings. The Morgan fingerprint density at radius 2 is 1.90 bits per heavy atom. The van der Waals surface area contributed by atoms with Crippen LogP contribution < -0.4 is 4.43 Å². The van der Waals surface area contributed by atoms with Crippen molar-refractivity contribution in [3.8, 4) is 5.75 Å². The maximum absolute atomic E-state index is 10.7. The standard InChI is InChI=1S/C16H25BrO3Si/c1-11-9-14(20-21(5,6)16(2,3)4)13(17)10-12(11)7-8-15(18)19/h9-10H,7-8H2,1-6H3,(H,18,19). The van der Waals surface area contributed by atoms with Crippen LogP contribution in [-0.4, -0.2) is 19.4 Å². The maximum atomic E-state index is 10.7. The van der Waals surface area contributed by atoms with E-state index in [9.17, 15) is 4.79 Å². The Balaban J connectivity index is 3.02. The van der Waals surface area contributed by atoms with E-state index in [4.69, 9.17) is 9.53 Å². The van der Waals surface area contributed by atoms with Gasteiger partial charge in [0.2, 0.25) is 0 Å². The van der Waals surface area contributed by atoms with E-state index in [1.807, 2.05) is 19.1 Å². The third-order valence-corrected chi connectivity index (χ3v) is 9.13. The van der Waals surface area contributed by atoms with E-state index < -0.39 is 14.3 Å². The highest BCUT2D eigenvalue weighted by atomic mass is 79.9. The van der Waals surface area contributed by atoms with Gasteiger partial charge in [-0.15, -0.1) is 0 Å². The van der Waals surface area contributed by atoms with Gasteiger partial charge < -0.3 is 9.53 Å². The van der Waals surface area contributed by atoms with Gasteiger partial charge in [0.15, 0.2) is 0 Å². The summed E-state index contributed by atoms with van der Waals surface area (Å²) in [4.78, 5) is 10.7. The van der Waals surface area contributed by atoms with E-state index in [0.29, 0.717) is 6.42 Å². The monoisotopic (exact) mass is 372 g/mol. The lowest BCUT2D eigenvalue weighted by Gasteiger charge is -2.37. The number of benzene rings is 1. The first kappa shape index (κ1) is 18.2. The summed E-state index contributed by atoms with van der Waals surface area (Å²) in [6.45, 7) is 13.1. The largest absolute Gasteiger partial charge is 0.543 e. The number of rotatable bonds is 5. The van der Waals surface area contributed by atoms with Gasteiger partial charge in [0, 0.05) is 6.42 Å². The fourth-order valence-corrected chi connectivity index (χ4v) is 3.36. The molecule has 0 atom stereocenters. The molecule has 1 aromatic carbocycles. The summed E-state index contributed by atoms with van der Waals surface area (Å²) in [6.07, 6.45) is 0.690. The van der Waals surface area contributed by atoms with Crippen LogP contribution in [0.1, 0.15) is 38.3 Å². The normalized spacial score (nSPS) is 12.3. The van der Waals surface area contributed by atoms with Crippen molar-refractivity contribution in [3.05, 3.63) is 27.7 Å². The van der Waals surface area contributed by atoms with E-state index in [0.717, 1.165) is 21.3 Å². The number of carbonyl (C=O) groups is 1. The van der Waals surface area contributed by atoms with Gasteiger partial charge in [0.25, 0.3) is 8.32 Å². The number of carboxylic acid groups (broad SMARTS) is 1. The van der Waals surface area contributed by atoms with Crippen LogP contribution in [0.5, 0.6) is 5.75 Å². The molecule has 21 heavy (non-hydrogen) atoms. The molecule has 0 unspecified atom stereocenters. The summed E-state index contributed by atoms with van der Waals surface area (Å²) in [7, 11) is -1.88. The molecule has 118 valence electrons. The molecular weight excluding hydrogens is 348 g/mol. The summed E-state index contributed by atoms with van der Waals surface area (Å²) < 4.78 is 7.24. The second-order valence-electron chi connectivity index (χ2n) is 6.97. The number of aryl methyl sites for hydroxylation is 2. The number of hydrogen-bond donors (Lipinski definition) is 1. The maximum Gasteiger partial charge on any atom is 0.303 e. The number of carboxylic acids is 1. The van der Waals surface area contributed by atoms with Gasteiger partial charge in [0.05, 0.1) is 4.47 Å². The van der Waals surface area contributed by atoms with Crippen LogP contribution in [0, 0.1) is 6.92 Å². The Labute approximate surface area is 137 Å². The van der Waals surface area contributed by atoms with Gasteiger partial charge in [-0.25, -0.2) is 0 Å². The molecule has 0 aliphatic rings. The average Bonchev–Trinajstić information content (AvgIpc) is 2.29. The molecule has 0 saturated heterocycles. The molecule has 0 heterocycles. The molecule has 0 aliphatic heterocycles. The van der Waals surface area contributed by atoms with Crippen molar-refractivity contribution < 1.29 is 14.3 Å². The molecule has 0 spiro atoms. The predicted octanol–water partition coefficient (Wildman–Crippen LogP) is 5.16. The lowest BCUT2D eigenvalue weighted by atomic mass is 10.0. The molecule has 0 bridgehead atoms. The van der Waals surface area contributed by atoms with Gasteiger partial charge in [-0.3, -0.25) is 4.79 Å². The molecule has 0 saturated carbocycles. The molecule has 1 rings (SSSR count). The Hall–Kier alpha value is -0.813. The van der Waals surface area contributed by atoms with Crippen LogP contribution >= 0.6 is 15.9 Å². The highest BCUT2D eigenvalue weighted by Gasteiger charge is 2.39. The lowest BCUT2D eigenvalue weighted by Crippen LogP contribution is -2.44. The van der Waals surface area contributed by atoms with Crippen molar-refractivity contribution in [2.45, 2.75) is 58.7 Å². The highest BCUT2D eigenvalue weighted by molar-refractivity contribution is 9.10. The van der Waals surface area contributed by atoms with Crippen LogP contribution in [-0.2, 0) is 11.2 Å². The molecule has 0 aromatic heterocycles. The van der Waals surface area contributed by atoms with Crippen LogP contribution in [0.25, 0.3) is 0 Å². The van der Waals surface area contributed by atoms with E-state index in [-0.39, 0.29) is 11.5 Å². The van der Waals surface area contributed by atoms with Gasteiger partial charge in [-0.2, -0.15) is 0 Å². The first-order valence-electron chi connectivity index (χ1n) is 7.14. The van der Waals surface area contributed by atoms with E-state index in [1.165, 1.54) is 0 Å². The second kappa shape index (κ2) is 6.52. The zero-order chi connectivity index (χ0) is 16.4. The van der Waals surface area contributed by atoms with Crippen LogP contribution in [0.2, 0.25) is 18.1 Å². The summed E-state index contributed by atoms with van der Waals surface area (Å²) in [5.41, 5.74) is 2.13. The molecule has 0 aliphatic carbocycles. The first-order chi connectivity index (χ1) is 9.44. The summed E-state index contributed by atoms with van der Waals surface area (Å²) in [6, 6.07) is 4.00. The summed E-state index contributed by atoms with van der Waals surface area (Å²) in [5.74, 6) is 0.0882. The molecule has 0 amide bonds. The molecule has 0 radical (unpaired) electrons. The second-order valence-corrected chi connectivity index (χ2v) is 12.5. The number of aliphatic carboxylic acids is 1. The summed E-state index contributed by atoms with van der Waals surface area (Å²) >= 11 is 3.56. The quantitative estimate of drug-likeness (QED) is 0.726. The molecule has 0 fully saturated rings. The molecule has 3 nitrogen and oxygen atoms in total. The minimum absolute atomic E-state index is 0.141. The van der Waals surface area contributed by atoms with Crippen molar-refractivity contribution in [3.63, 3.8) is 0 Å². The minimum atomic E-state index is -1.88. The molecule has 1 N–H and O–H groups in total. The van der Waals surface area contributed by atoms with Gasteiger partial charge in [0.1, 0.15) is 5.75 Å². The number of halogens is 1. The van der Waals surface area contributed by atoms with Crippen molar-refractivity contribution >= 4 is 30.2 Å². The van der Waals surface area contributed by atoms with Crippen LogP contribution in [0.15, 0.2) is 16.6 Å². The summed E-state index contributed by atoms with van der Waals surface area (Å²) in [5, 5.41) is 8.94. The third kappa shape index (κ3) is 4.85. The smallest absolute Gasteiger partial charge is 0.303 e. The van der Waals surface area contributed by atoms with Crippen molar-refractivity contribution in [2.75, 3.05) is 0 Å². The Kier molecular flexibility index (Phi) is 5.67. The van der Waals surface area contributed by atoms with Crippen molar-refractivity contribution in [1.82, 2.24) is 0 Å². The van der Waals surface area contributed by atoms with Crippen LogP contribution in [0.3, 0.4) is 0 Å². The first-order valence-corrected chi connectivity index (χ1v) is 10.8. The van der Waals surface area contributed by atoms with Gasteiger partial charge in [-0.05, 0) is 70.7 Å². The predicted molar refractivity (Wildman–Crippen MR) is 92.7 cm³/mol. The minimum Gasteiger partial charge on any atom is -0.543 e. The van der Waals surface area contributed by atoms with E-state index in [2.05, 4.69) is 49.8 Å². The van der Waals surface area contributed by atoms with Gasteiger partial charge in [-0.1, -0.05) is 20.8 Å². The van der Waals surface area contributed by atoms with Crippen molar-refractivity contribution in [2.24, 2.45) is 0 Å². The zero-order valence-electron chi connectivity index (χ0n) is 13.7. The number of hydrogen-bond acceptors (Lipinski definition) is 2. The SMILES string of the molecule is Cc1cc(O[Si](C)(C)C(C)(C)C)c(Br)cc1CCC(=O)O. The lowest BCUT2D eigenvalue weighted by molar-refractivity contribution is -0.136.